The molecule has 1 fully saturated rings. The average Bonchev–Trinajstić information content (AvgIpc) is 2.69. The SMILES string of the molecule is CNC1CCCCCC1Cc1ncnn1C(C)C. The quantitative estimate of drug-likeness (QED) is 0.835. The minimum atomic E-state index is 0.404. The van der Waals surface area contributed by atoms with E-state index in [0.717, 1.165) is 12.2 Å². The molecular formula is C14H26N4. The first-order chi connectivity index (χ1) is 8.72. The van der Waals surface area contributed by atoms with Crippen molar-refractivity contribution in [1.82, 2.24) is 20.1 Å². The monoisotopic (exact) mass is 250 g/mol. The van der Waals surface area contributed by atoms with Crippen LogP contribution in [0, 0.1) is 5.92 Å². The molecule has 1 heterocycles. The van der Waals surface area contributed by atoms with Crippen molar-refractivity contribution in [2.24, 2.45) is 5.92 Å². The van der Waals surface area contributed by atoms with Gasteiger partial charge in [-0.05, 0) is 39.7 Å². The van der Waals surface area contributed by atoms with Crippen LogP contribution in [0.4, 0.5) is 0 Å². The molecule has 0 aromatic carbocycles. The normalized spacial score (nSPS) is 25.3. The third-order valence-corrected chi connectivity index (χ3v) is 4.11. The highest BCUT2D eigenvalue weighted by Gasteiger charge is 2.24. The van der Waals surface area contributed by atoms with E-state index in [1.54, 1.807) is 6.33 Å². The van der Waals surface area contributed by atoms with E-state index < -0.39 is 0 Å². The zero-order valence-corrected chi connectivity index (χ0v) is 11.9. The van der Waals surface area contributed by atoms with Crippen LogP contribution in [0.3, 0.4) is 0 Å². The molecule has 2 atom stereocenters. The molecule has 0 aliphatic heterocycles. The van der Waals surface area contributed by atoms with Gasteiger partial charge in [0.25, 0.3) is 0 Å². The van der Waals surface area contributed by atoms with Gasteiger partial charge >= 0.3 is 0 Å². The Kier molecular flexibility index (Phi) is 4.75. The van der Waals surface area contributed by atoms with Gasteiger partial charge in [0.15, 0.2) is 0 Å². The van der Waals surface area contributed by atoms with E-state index in [-0.39, 0.29) is 0 Å². The molecule has 2 rings (SSSR count). The van der Waals surface area contributed by atoms with E-state index in [4.69, 9.17) is 0 Å². The van der Waals surface area contributed by atoms with Crippen molar-refractivity contribution in [1.29, 1.82) is 0 Å². The minimum Gasteiger partial charge on any atom is -0.317 e. The van der Waals surface area contributed by atoms with Gasteiger partial charge in [0, 0.05) is 18.5 Å². The highest BCUT2D eigenvalue weighted by atomic mass is 15.3. The van der Waals surface area contributed by atoms with Crippen LogP contribution in [0.5, 0.6) is 0 Å². The predicted octanol–water partition coefficient (Wildman–Crippen LogP) is 2.57. The van der Waals surface area contributed by atoms with Crippen molar-refractivity contribution in [2.45, 2.75) is 64.5 Å². The fraction of sp³-hybridized carbons (Fsp3) is 0.857. The maximum atomic E-state index is 4.45. The molecule has 102 valence electrons. The summed E-state index contributed by atoms with van der Waals surface area (Å²) in [5.74, 6) is 1.86. The summed E-state index contributed by atoms with van der Waals surface area (Å²) in [6.45, 7) is 4.33. The summed E-state index contributed by atoms with van der Waals surface area (Å²) in [7, 11) is 2.09. The average molecular weight is 250 g/mol. The van der Waals surface area contributed by atoms with Gasteiger partial charge in [0.1, 0.15) is 12.2 Å². The highest BCUT2D eigenvalue weighted by molar-refractivity contribution is 4.92. The molecular weight excluding hydrogens is 224 g/mol. The van der Waals surface area contributed by atoms with Gasteiger partial charge in [-0.2, -0.15) is 5.10 Å². The molecule has 18 heavy (non-hydrogen) atoms. The van der Waals surface area contributed by atoms with Crippen LogP contribution in [-0.2, 0) is 6.42 Å². The molecule has 1 aliphatic rings. The molecule has 0 bridgehead atoms. The first-order valence-electron chi connectivity index (χ1n) is 7.28. The third-order valence-electron chi connectivity index (χ3n) is 4.11. The number of hydrogen-bond donors (Lipinski definition) is 1. The molecule has 0 radical (unpaired) electrons. The maximum absolute atomic E-state index is 4.45. The Labute approximate surface area is 110 Å². The lowest BCUT2D eigenvalue weighted by Crippen LogP contribution is -2.34. The summed E-state index contributed by atoms with van der Waals surface area (Å²) >= 11 is 0. The molecule has 0 spiro atoms. The molecule has 1 aliphatic carbocycles. The van der Waals surface area contributed by atoms with Crippen LogP contribution in [-0.4, -0.2) is 27.9 Å². The standard InChI is InChI=1S/C14H26N4/c1-11(2)18-14(16-10-17-18)9-12-7-5-4-6-8-13(12)15-3/h10-13,15H,4-9H2,1-3H3. The highest BCUT2D eigenvalue weighted by Crippen LogP contribution is 2.26. The number of aromatic nitrogens is 3. The summed E-state index contributed by atoms with van der Waals surface area (Å²) in [5, 5.41) is 7.84. The lowest BCUT2D eigenvalue weighted by atomic mass is 9.91. The predicted molar refractivity (Wildman–Crippen MR) is 73.5 cm³/mol. The van der Waals surface area contributed by atoms with Crippen molar-refractivity contribution in [3.8, 4) is 0 Å². The smallest absolute Gasteiger partial charge is 0.138 e. The molecule has 1 aromatic heterocycles. The van der Waals surface area contributed by atoms with Gasteiger partial charge in [-0.3, -0.25) is 0 Å². The second kappa shape index (κ2) is 6.32. The molecule has 4 nitrogen and oxygen atoms in total. The van der Waals surface area contributed by atoms with Crippen molar-refractivity contribution in [2.75, 3.05) is 7.05 Å². The van der Waals surface area contributed by atoms with Crippen molar-refractivity contribution in [3.05, 3.63) is 12.2 Å². The Hall–Kier alpha value is -0.900. The summed E-state index contributed by atoms with van der Waals surface area (Å²) in [6.07, 6.45) is 9.47. The van der Waals surface area contributed by atoms with Crippen LogP contribution in [0.25, 0.3) is 0 Å². The Morgan fingerprint density at radius 3 is 2.83 bits per heavy atom. The van der Waals surface area contributed by atoms with E-state index in [9.17, 15) is 0 Å². The topological polar surface area (TPSA) is 42.7 Å². The minimum absolute atomic E-state index is 0.404. The Morgan fingerprint density at radius 2 is 2.11 bits per heavy atom. The largest absolute Gasteiger partial charge is 0.317 e. The molecule has 0 saturated heterocycles. The number of hydrogen-bond acceptors (Lipinski definition) is 3. The van der Waals surface area contributed by atoms with Gasteiger partial charge in [0.05, 0.1) is 0 Å². The fourth-order valence-corrected chi connectivity index (χ4v) is 3.09. The summed E-state index contributed by atoms with van der Waals surface area (Å²) in [4.78, 5) is 4.45. The van der Waals surface area contributed by atoms with E-state index >= 15 is 0 Å². The van der Waals surface area contributed by atoms with Crippen LogP contribution < -0.4 is 5.32 Å². The van der Waals surface area contributed by atoms with Crippen molar-refractivity contribution >= 4 is 0 Å². The van der Waals surface area contributed by atoms with Crippen molar-refractivity contribution in [3.63, 3.8) is 0 Å². The lowest BCUT2D eigenvalue weighted by molar-refractivity contribution is 0.336. The van der Waals surface area contributed by atoms with Gasteiger partial charge in [-0.1, -0.05) is 19.3 Å². The summed E-state index contributed by atoms with van der Waals surface area (Å²) in [6, 6.07) is 1.05. The maximum Gasteiger partial charge on any atom is 0.138 e. The molecule has 1 saturated carbocycles. The summed E-state index contributed by atoms with van der Waals surface area (Å²) < 4.78 is 2.07. The number of nitrogens with one attached hydrogen (secondary N) is 1. The van der Waals surface area contributed by atoms with Crippen LogP contribution in [0.15, 0.2) is 6.33 Å². The fourth-order valence-electron chi connectivity index (χ4n) is 3.09. The van der Waals surface area contributed by atoms with E-state index in [1.165, 1.54) is 32.1 Å². The Bertz CT molecular complexity index is 358. The van der Waals surface area contributed by atoms with Crippen LogP contribution in [0.2, 0.25) is 0 Å². The first-order valence-corrected chi connectivity index (χ1v) is 7.28. The number of rotatable bonds is 4. The number of nitrogens with zero attached hydrogens (tertiary/aromatic N) is 3. The Balaban J connectivity index is 2.07. The van der Waals surface area contributed by atoms with Gasteiger partial charge in [0.2, 0.25) is 0 Å². The molecule has 1 aromatic rings. The van der Waals surface area contributed by atoms with Gasteiger partial charge < -0.3 is 5.32 Å². The molecule has 4 heteroatoms. The molecule has 1 N–H and O–H groups in total. The first kappa shape index (κ1) is 13.5. The Morgan fingerprint density at radius 1 is 1.33 bits per heavy atom. The van der Waals surface area contributed by atoms with Crippen LogP contribution in [0.1, 0.15) is 57.8 Å². The lowest BCUT2D eigenvalue weighted by Gasteiger charge is -2.24. The van der Waals surface area contributed by atoms with Crippen molar-refractivity contribution < 1.29 is 0 Å². The van der Waals surface area contributed by atoms with Crippen LogP contribution >= 0.6 is 0 Å². The zero-order valence-electron chi connectivity index (χ0n) is 11.9. The zero-order chi connectivity index (χ0) is 13.0. The van der Waals surface area contributed by atoms with E-state index in [2.05, 4.69) is 41.0 Å². The van der Waals surface area contributed by atoms with Gasteiger partial charge in [-0.25, -0.2) is 9.67 Å². The summed E-state index contributed by atoms with van der Waals surface area (Å²) in [5.41, 5.74) is 0. The van der Waals surface area contributed by atoms with E-state index in [1.807, 2.05) is 0 Å². The van der Waals surface area contributed by atoms with Gasteiger partial charge in [-0.15, -0.1) is 0 Å². The second-order valence-electron chi connectivity index (χ2n) is 5.71. The van der Waals surface area contributed by atoms with E-state index in [0.29, 0.717) is 18.0 Å². The second-order valence-corrected chi connectivity index (χ2v) is 5.71. The molecule has 2 unspecified atom stereocenters. The molecule has 0 amide bonds. The third kappa shape index (κ3) is 3.10.